The van der Waals surface area contributed by atoms with Crippen molar-refractivity contribution in [3.05, 3.63) is 42.0 Å². The highest BCUT2D eigenvalue weighted by Crippen LogP contribution is 2.06. The fourth-order valence-electron chi connectivity index (χ4n) is 1.10. The second-order valence-electron chi connectivity index (χ2n) is 2.96. The predicted molar refractivity (Wildman–Crippen MR) is 53.4 cm³/mol. The van der Waals surface area contributed by atoms with Crippen LogP contribution in [0, 0.1) is 6.92 Å². The summed E-state index contributed by atoms with van der Waals surface area (Å²) in [6.07, 6.45) is 0. The van der Waals surface area contributed by atoms with Crippen molar-refractivity contribution in [1.29, 1.82) is 0 Å². The quantitative estimate of drug-likeness (QED) is 0.805. The van der Waals surface area contributed by atoms with Gasteiger partial charge in [0, 0.05) is 12.6 Å². The SMILES string of the molecule is Cc1nc(C(=O)Nc2ccccc2)no1. The number of amides is 1. The lowest BCUT2D eigenvalue weighted by atomic mass is 10.3. The van der Waals surface area contributed by atoms with Crippen molar-refractivity contribution in [2.45, 2.75) is 6.92 Å². The fraction of sp³-hybridized carbons (Fsp3) is 0.100. The molecule has 1 aromatic carbocycles. The lowest BCUT2D eigenvalue weighted by molar-refractivity contribution is 0.101. The second-order valence-corrected chi connectivity index (χ2v) is 2.96. The Labute approximate surface area is 86.1 Å². The Morgan fingerprint density at radius 1 is 1.33 bits per heavy atom. The molecule has 0 radical (unpaired) electrons. The first-order valence-electron chi connectivity index (χ1n) is 4.42. The van der Waals surface area contributed by atoms with E-state index in [2.05, 4.69) is 15.5 Å². The lowest BCUT2D eigenvalue weighted by Crippen LogP contribution is -2.13. The summed E-state index contributed by atoms with van der Waals surface area (Å²) in [5.74, 6) is 0.0302. The molecular formula is C10H9N3O2. The third-order valence-corrected chi connectivity index (χ3v) is 1.76. The summed E-state index contributed by atoms with van der Waals surface area (Å²) in [6, 6.07) is 9.10. The van der Waals surface area contributed by atoms with Gasteiger partial charge < -0.3 is 9.84 Å². The zero-order chi connectivity index (χ0) is 10.7. The molecule has 1 amide bonds. The van der Waals surface area contributed by atoms with Crippen molar-refractivity contribution in [3.63, 3.8) is 0 Å². The maximum absolute atomic E-state index is 11.5. The van der Waals surface area contributed by atoms with E-state index in [9.17, 15) is 4.79 Å². The van der Waals surface area contributed by atoms with Crippen molar-refractivity contribution in [2.75, 3.05) is 5.32 Å². The van der Waals surface area contributed by atoms with E-state index in [1.165, 1.54) is 0 Å². The average molecular weight is 203 g/mol. The molecule has 0 fully saturated rings. The number of nitrogens with one attached hydrogen (secondary N) is 1. The largest absolute Gasteiger partial charge is 0.339 e. The van der Waals surface area contributed by atoms with Gasteiger partial charge in [0.15, 0.2) is 0 Å². The van der Waals surface area contributed by atoms with E-state index in [0.717, 1.165) is 0 Å². The van der Waals surface area contributed by atoms with E-state index in [1.54, 1.807) is 19.1 Å². The second kappa shape index (κ2) is 3.91. The van der Waals surface area contributed by atoms with Gasteiger partial charge in [0.25, 0.3) is 11.7 Å². The minimum atomic E-state index is -0.377. The molecule has 0 saturated heterocycles. The van der Waals surface area contributed by atoms with Gasteiger partial charge in [-0.1, -0.05) is 23.4 Å². The summed E-state index contributed by atoms with van der Waals surface area (Å²) >= 11 is 0. The molecule has 0 saturated carbocycles. The standard InChI is InChI=1S/C10H9N3O2/c1-7-11-9(13-15-7)10(14)12-8-5-3-2-4-6-8/h2-6H,1H3,(H,12,14). The topological polar surface area (TPSA) is 68.0 Å². The zero-order valence-corrected chi connectivity index (χ0v) is 8.10. The number of aryl methyl sites for hydroxylation is 1. The Kier molecular flexibility index (Phi) is 2.45. The van der Waals surface area contributed by atoms with Gasteiger partial charge in [-0.05, 0) is 12.1 Å². The molecule has 76 valence electrons. The van der Waals surface area contributed by atoms with E-state index in [-0.39, 0.29) is 11.7 Å². The van der Waals surface area contributed by atoms with Gasteiger partial charge in [0.1, 0.15) is 0 Å². The highest BCUT2D eigenvalue weighted by Gasteiger charge is 2.12. The van der Waals surface area contributed by atoms with Crippen LogP contribution in [0.5, 0.6) is 0 Å². The molecule has 0 atom stereocenters. The van der Waals surface area contributed by atoms with Crippen LogP contribution in [0.25, 0.3) is 0 Å². The summed E-state index contributed by atoms with van der Waals surface area (Å²) in [4.78, 5) is 15.3. The monoisotopic (exact) mass is 203 g/mol. The molecule has 1 aromatic heterocycles. The molecule has 2 aromatic rings. The predicted octanol–water partition coefficient (Wildman–Crippen LogP) is 1.63. The summed E-state index contributed by atoms with van der Waals surface area (Å²) in [5, 5.41) is 6.16. The molecule has 0 unspecified atom stereocenters. The molecule has 5 nitrogen and oxygen atoms in total. The normalized spacial score (nSPS) is 9.93. The number of carbonyl (C=O) groups is 1. The highest BCUT2D eigenvalue weighted by atomic mass is 16.5. The molecule has 0 spiro atoms. The number of anilines is 1. The van der Waals surface area contributed by atoms with Crippen molar-refractivity contribution in [2.24, 2.45) is 0 Å². The van der Waals surface area contributed by atoms with Crippen LogP contribution in [0.4, 0.5) is 5.69 Å². The molecule has 0 aliphatic rings. The van der Waals surface area contributed by atoms with Crippen molar-refractivity contribution >= 4 is 11.6 Å². The summed E-state index contributed by atoms with van der Waals surface area (Å²) in [7, 11) is 0. The Morgan fingerprint density at radius 2 is 2.07 bits per heavy atom. The minimum absolute atomic E-state index is 0.0383. The summed E-state index contributed by atoms with van der Waals surface area (Å²) in [5.41, 5.74) is 0.699. The molecule has 0 bridgehead atoms. The van der Waals surface area contributed by atoms with E-state index in [4.69, 9.17) is 4.52 Å². The molecular weight excluding hydrogens is 194 g/mol. The first-order chi connectivity index (χ1) is 7.25. The highest BCUT2D eigenvalue weighted by molar-refractivity contribution is 6.01. The molecule has 15 heavy (non-hydrogen) atoms. The van der Waals surface area contributed by atoms with Crippen molar-refractivity contribution < 1.29 is 9.32 Å². The number of carbonyl (C=O) groups excluding carboxylic acids is 1. The van der Waals surface area contributed by atoms with Crippen LogP contribution in [-0.4, -0.2) is 16.0 Å². The van der Waals surface area contributed by atoms with E-state index < -0.39 is 0 Å². The Balaban J connectivity index is 2.11. The van der Waals surface area contributed by atoms with E-state index >= 15 is 0 Å². The maximum Gasteiger partial charge on any atom is 0.297 e. The summed E-state index contributed by atoms with van der Waals surface area (Å²) < 4.78 is 4.70. The lowest BCUT2D eigenvalue weighted by Gasteiger charge is -1.99. The third-order valence-electron chi connectivity index (χ3n) is 1.76. The van der Waals surface area contributed by atoms with Gasteiger partial charge >= 0.3 is 0 Å². The van der Waals surface area contributed by atoms with Gasteiger partial charge in [-0.15, -0.1) is 0 Å². The third kappa shape index (κ3) is 2.19. The van der Waals surface area contributed by atoms with Crippen LogP contribution in [0.2, 0.25) is 0 Å². The number of benzene rings is 1. The van der Waals surface area contributed by atoms with Gasteiger partial charge in [-0.25, -0.2) is 0 Å². The van der Waals surface area contributed by atoms with Crippen LogP contribution in [0.3, 0.4) is 0 Å². The van der Waals surface area contributed by atoms with Crippen LogP contribution in [0.15, 0.2) is 34.9 Å². The zero-order valence-electron chi connectivity index (χ0n) is 8.10. The van der Waals surface area contributed by atoms with Gasteiger partial charge in [0.2, 0.25) is 5.89 Å². The molecule has 1 heterocycles. The Hall–Kier alpha value is -2.17. The number of hydrogen-bond donors (Lipinski definition) is 1. The maximum atomic E-state index is 11.5. The van der Waals surface area contributed by atoms with Crippen LogP contribution < -0.4 is 5.32 Å². The number of para-hydroxylation sites is 1. The average Bonchev–Trinajstić information content (AvgIpc) is 2.66. The Bertz CT molecular complexity index is 465. The molecule has 0 aliphatic heterocycles. The molecule has 5 heteroatoms. The van der Waals surface area contributed by atoms with Gasteiger partial charge in [0.05, 0.1) is 0 Å². The van der Waals surface area contributed by atoms with Crippen LogP contribution >= 0.6 is 0 Å². The fourth-order valence-corrected chi connectivity index (χ4v) is 1.10. The van der Waals surface area contributed by atoms with Crippen molar-refractivity contribution in [1.82, 2.24) is 10.1 Å². The Morgan fingerprint density at radius 3 is 2.67 bits per heavy atom. The number of nitrogens with zero attached hydrogens (tertiary/aromatic N) is 2. The van der Waals surface area contributed by atoms with Gasteiger partial charge in [-0.2, -0.15) is 4.98 Å². The number of rotatable bonds is 2. The molecule has 1 N–H and O–H groups in total. The minimum Gasteiger partial charge on any atom is -0.339 e. The number of hydrogen-bond acceptors (Lipinski definition) is 4. The van der Waals surface area contributed by atoms with E-state index in [0.29, 0.717) is 11.6 Å². The molecule has 2 rings (SSSR count). The van der Waals surface area contributed by atoms with Crippen LogP contribution in [0.1, 0.15) is 16.5 Å². The van der Waals surface area contributed by atoms with Gasteiger partial charge in [-0.3, -0.25) is 4.79 Å². The molecule has 0 aliphatic carbocycles. The smallest absolute Gasteiger partial charge is 0.297 e. The first kappa shape index (κ1) is 9.39. The summed E-state index contributed by atoms with van der Waals surface area (Å²) in [6.45, 7) is 1.63. The first-order valence-corrected chi connectivity index (χ1v) is 4.42. The van der Waals surface area contributed by atoms with Crippen molar-refractivity contribution in [3.8, 4) is 0 Å². The van der Waals surface area contributed by atoms with Crippen LogP contribution in [-0.2, 0) is 0 Å². The number of aromatic nitrogens is 2. The van der Waals surface area contributed by atoms with E-state index in [1.807, 2.05) is 18.2 Å².